The van der Waals surface area contributed by atoms with E-state index in [2.05, 4.69) is 116 Å². The quantitative estimate of drug-likeness (QED) is 0.200. The molecule has 7 heteroatoms. The van der Waals surface area contributed by atoms with Gasteiger partial charge < -0.3 is 9.64 Å². The Kier molecular flexibility index (Phi) is 8.09. The standard InChI is InChI=1S/C48H58N4OS2/c1-5-17-40-32(11-1)49(33-12-2-6-18-41(33)53-40)31-25-23-29(24-26-31)30-27-38-46-39(28-30)51-35-14-4-8-20-43(35)55-45-22-10-16-37(48(45)51)52(46)36-15-9-21-44-47(36)50(38)34-13-3-7-19-42(34)54-44/h1-2,5-6,11-12,17-18,23-26,30,34-39,42-48H,3-4,7-10,13-16,19-22,27-28H2. The number of anilines is 3. The fraction of sp³-hybridized carbons (Fsp3) is 0.625. The molecule has 288 valence electrons. The van der Waals surface area contributed by atoms with Crippen LogP contribution in [0.5, 0.6) is 11.5 Å². The third kappa shape index (κ3) is 5.04. The molecule has 0 radical (unpaired) electrons. The van der Waals surface area contributed by atoms with E-state index < -0.39 is 0 Å². The van der Waals surface area contributed by atoms with Gasteiger partial charge in [-0.1, -0.05) is 74.9 Å². The minimum absolute atomic E-state index is 0.608. The van der Waals surface area contributed by atoms with Crippen LogP contribution in [0.4, 0.5) is 17.1 Å². The van der Waals surface area contributed by atoms with Crippen molar-refractivity contribution in [1.82, 2.24) is 14.7 Å². The zero-order valence-electron chi connectivity index (χ0n) is 32.3. The monoisotopic (exact) mass is 770 g/mol. The van der Waals surface area contributed by atoms with E-state index in [1.165, 1.54) is 108 Å². The highest BCUT2D eigenvalue weighted by atomic mass is 32.2. The second-order valence-electron chi connectivity index (χ2n) is 19.2. The second kappa shape index (κ2) is 13.2. The number of rotatable bonds is 2. The van der Waals surface area contributed by atoms with Crippen LogP contribution in [0.1, 0.15) is 114 Å². The van der Waals surface area contributed by atoms with Crippen LogP contribution in [0.3, 0.4) is 0 Å². The van der Waals surface area contributed by atoms with Crippen LogP contribution in [0.15, 0.2) is 72.8 Å². The van der Waals surface area contributed by atoms with E-state index in [1.807, 2.05) is 0 Å². The predicted molar refractivity (Wildman–Crippen MR) is 228 cm³/mol. The van der Waals surface area contributed by atoms with Crippen molar-refractivity contribution in [2.24, 2.45) is 0 Å². The van der Waals surface area contributed by atoms with Crippen LogP contribution in [-0.4, -0.2) is 90.1 Å². The SMILES string of the molecule is c1ccc2c(c1)Oc1ccccc1N2c1ccc(C2CC3C4C(C2)N2C5CCCCC5SC5CCCC(C52)N4C2CCCC4SC5CCCCC5N3C42)cc1. The van der Waals surface area contributed by atoms with Crippen molar-refractivity contribution >= 4 is 40.6 Å². The third-order valence-electron chi connectivity index (χ3n) is 16.8. The lowest BCUT2D eigenvalue weighted by molar-refractivity contribution is -0.210. The fourth-order valence-corrected chi connectivity index (χ4v) is 19.0. The minimum Gasteiger partial charge on any atom is -0.453 e. The van der Waals surface area contributed by atoms with Gasteiger partial charge in [-0.05, 0) is 112 Å². The predicted octanol–water partition coefficient (Wildman–Crippen LogP) is 10.9. The normalized spacial score (nSPS) is 42.9. The summed E-state index contributed by atoms with van der Waals surface area (Å²) in [6, 6.07) is 33.9. The van der Waals surface area contributed by atoms with E-state index in [0.717, 1.165) is 80.1 Å². The Morgan fingerprint density at radius 2 is 0.909 bits per heavy atom. The Balaban J connectivity index is 0.921. The van der Waals surface area contributed by atoms with Crippen LogP contribution in [0.25, 0.3) is 0 Å². The molecule has 13 rings (SSSR count). The number of ether oxygens (including phenoxy) is 1. The molecule has 0 aromatic heterocycles. The van der Waals surface area contributed by atoms with Gasteiger partial charge in [-0.15, -0.1) is 0 Å². The van der Waals surface area contributed by atoms with Gasteiger partial charge in [0.25, 0.3) is 0 Å². The van der Waals surface area contributed by atoms with Crippen LogP contribution in [0.2, 0.25) is 0 Å². The van der Waals surface area contributed by atoms with Gasteiger partial charge in [0.2, 0.25) is 0 Å². The van der Waals surface area contributed by atoms with Crippen molar-refractivity contribution in [2.75, 3.05) is 4.90 Å². The lowest BCUT2D eigenvalue weighted by Crippen LogP contribution is -2.87. The van der Waals surface area contributed by atoms with Gasteiger partial charge in [0, 0.05) is 81.1 Å². The molecule has 55 heavy (non-hydrogen) atoms. The molecule has 5 nitrogen and oxygen atoms in total. The number of piperazine rings is 2. The van der Waals surface area contributed by atoms with Crippen molar-refractivity contribution < 1.29 is 4.74 Å². The number of fused-ring (bicyclic) bond motifs is 10. The summed E-state index contributed by atoms with van der Waals surface area (Å²) in [7, 11) is 0. The lowest BCUT2D eigenvalue weighted by atomic mass is 9.64. The molecular formula is C48H58N4OS2. The molecule has 12 atom stereocenters. The summed E-state index contributed by atoms with van der Waals surface area (Å²) in [6.45, 7) is 0. The first-order chi connectivity index (χ1) is 27.3. The Bertz CT molecular complexity index is 1830. The fourth-order valence-electron chi connectivity index (χ4n) is 15.0. The smallest absolute Gasteiger partial charge is 0.151 e. The average Bonchev–Trinajstić information content (AvgIpc) is 3.24. The number of benzene rings is 3. The first kappa shape index (κ1) is 33.8. The second-order valence-corrected chi connectivity index (χ2v) is 22.2. The Morgan fingerprint density at radius 1 is 0.436 bits per heavy atom. The van der Waals surface area contributed by atoms with Crippen molar-refractivity contribution in [2.45, 2.75) is 184 Å². The van der Waals surface area contributed by atoms with E-state index in [9.17, 15) is 0 Å². The molecule has 5 aliphatic heterocycles. The van der Waals surface area contributed by atoms with E-state index in [4.69, 9.17) is 4.74 Å². The Morgan fingerprint density at radius 3 is 1.47 bits per heavy atom. The van der Waals surface area contributed by atoms with E-state index in [0.29, 0.717) is 24.0 Å². The van der Waals surface area contributed by atoms with Crippen LogP contribution in [-0.2, 0) is 0 Å². The molecule has 3 aromatic carbocycles. The molecular weight excluding hydrogens is 713 g/mol. The zero-order chi connectivity index (χ0) is 35.8. The first-order valence-corrected chi connectivity index (χ1v) is 24.6. The molecule has 0 N–H and O–H groups in total. The molecule has 5 saturated carbocycles. The van der Waals surface area contributed by atoms with Crippen LogP contribution in [0, 0.1) is 0 Å². The molecule has 10 aliphatic rings. The Labute approximate surface area is 337 Å². The number of para-hydroxylation sites is 4. The highest BCUT2D eigenvalue weighted by Gasteiger charge is 2.67. The highest BCUT2D eigenvalue weighted by Crippen LogP contribution is 2.60. The van der Waals surface area contributed by atoms with Gasteiger partial charge in [-0.25, -0.2) is 0 Å². The van der Waals surface area contributed by atoms with Crippen molar-refractivity contribution in [3.63, 3.8) is 0 Å². The average molecular weight is 771 g/mol. The molecule has 5 aliphatic carbocycles. The molecule has 0 amide bonds. The van der Waals surface area contributed by atoms with Gasteiger partial charge in [0.05, 0.1) is 11.4 Å². The number of thioether (sulfide) groups is 2. The van der Waals surface area contributed by atoms with Gasteiger partial charge >= 0.3 is 0 Å². The van der Waals surface area contributed by atoms with E-state index in [1.54, 1.807) is 5.56 Å². The van der Waals surface area contributed by atoms with Crippen molar-refractivity contribution in [1.29, 1.82) is 0 Å². The number of hydrogen-bond donors (Lipinski definition) is 0. The Hall–Kier alpha value is -2.16. The van der Waals surface area contributed by atoms with Crippen molar-refractivity contribution in [3.05, 3.63) is 78.4 Å². The van der Waals surface area contributed by atoms with E-state index in [-0.39, 0.29) is 0 Å². The van der Waals surface area contributed by atoms with Gasteiger partial charge in [0.15, 0.2) is 11.5 Å². The van der Waals surface area contributed by atoms with Crippen LogP contribution >= 0.6 is 23.5 Å². The molecule has 3 aromatic rings. The summed E-state index contributed by atoms with van der Waals surface area (Å²) in [6.07, 6.45) is 23.1. The zero-order valence-corrected chi connectivity index (χ0v) is 34.0. The van der Waals surface area contributed by atoms with Crippen LogP contribution < -0.4 is 9.64 Å². The third-order valence-corrected chi connectivity index (χ3v) is 20.3. The van der Waals surface area contributed by atoms with Gasteiger partial charge in [0.1, 0.15) is 0 Å². The summed E-state index contributed by atoms with van der Waals surface area (Å²) >= 11 is 4.99. The van der Waals surface area contributed by atoms with Crippen molar-refractivity contribution in [3.8, 4) is 11.5 Å². The maximum Gasteiger partial charge on any atom is 0.151 e. The maximum absolute atomic E-state index is 6.40. The summed E-state index contributed by atoms with van der Waals surface area (Å²) in [5, 5.41) is 3.42. The summed E-state index contributed by atoms with van der Waals surface area (Å²) in [5.41, 5.74) is 5.08. The lowest BCUT2D eigenvalue weighted by Gasteiger charge is -2.75. The molecule has 12 unspecified atom stereocenters. The number of nitrogens with zero attached hydrogens (tertiary/aromatic N) is 4. The first-order valence-electron chi connectivity index (χ1n) is 22.7. The summed E-state index contributed by atoms with van der Waals surface area (Å²) < 4.78 is 6.40. The van der Waals surface area contributed by atoms with Gasteiger partial charge in [-0.3, -0.25) is 14.7 Å². The molecule has 4 saturated heterocycles. The van der Waals surface area contributed by atoms with Gasteiger partial charge in [-0.2, -0.15) is 23.5 Å². The topological polar surface area (TPSA) is 22.2 Å². The minimum atomic E-state index is 0.608. The highest BCUT2D eigenvalue weighted by molar-refractivity contribution is 8.00. The number of hydrogen-bond acceptors (Lipinski definition) is 7. The largest absolute Gasteiger partial charge is 0.453 e. The summed E-state index contributed by atoms with van der Waals surface area (Å²) in [5.74, 6) is 2.47. The summed E-state index contributed by atoms with van der Waals surface area (Å²) in [4.78, 5) is 12.5. The maximum atomic E-state index is 6.40. The van der Waals surface area contributed by atoms with E-state index >= 15 is 0 Å². The molecule has 5 heterocycles. The molecule has 9 fully saturated rings. The molecule has 0 bridgehead atoms. The molecule has 0 spiro atoms.